The fourth-order valence-electron chi connectivity index (χ4n) is 3.20. The molecule has 0 aliphatic carbocycles. The van der Waals surface area contributed by atoms with Crippen LogP contribution >= 0.6 is 0 Å². The minimum atomic E-state index is -0.736. The number of fused-ring (bicyclic) bond motifs is 1. The standard InChI is InChI=1S/C17H25NO3/c1-11(2)18-13(10-17(3,4)16(19)20)8-12-9-14(21-5)6-7-15(12)18/h6-7,9,11,13H,8,10H2,1-5H3,(H,19,20). The van der Waals surface area contributed by atoms with Gasteiger partial charge in [-0.25, -0.2) is 0 Å². The van der Waals surface area contributed by atoms with Crippen molar-refractivity contribution in [3.05, 3.63) is 23.8 Å². The fraction of sp³-hybridized carbons (Fsp3) is 0.588. The van der Waals surface area contributed by atoms with Crippen molar-refractivity contribution in [1.82, 2.24) is 0 Å². The summed E-state index contributed by atoms with van der Waals surface area (Å²) in [7, 11) is 1.67. The van der Waals surface area contributed by atoms with E-state index in [9.17, 15) is 9.90 Å². The minimum Gasteiger partial charge on any atom is -0.497 e. The van der Waals surface area contributed by atoms with Gasteiger partial charge in [-0.1, -0.05) is 0 Å². The van der Waals surface area contributed by atoms with Crippen molar-refractivity contribution in [2.45, 2.75) is 52.6 Å². The van der Waals surface area contributed by atoms with Crippen LogP contribution in [0, 0.1) is 5.41 Å². The van der Waals surface area contributed by atoms with Crippen molar-refractivity contribution in [2.75, 3.05) is 12.0 Å². The number of hydrogen-bond donors (Lipinski definition) is 1. The summed E-state index contributed by atoms with van der Waals surface area (Å²) in [6.07, 6.45) is 1.51. The Morgan fingerprint density at radius 1 is 1.48 bits per heavy atom. The predicted octanol–water partition coefficient (Wildman–Crippen LogP) is 3.34. The Morgan fingerprint density at radius 2 is 2.14 bits per heavy atom. The van der Waals surface area contributed by atoms with Crippen LogP contribution in [0.3, 0.4) is 0 Å². The summed E-state index contributed by atoms with van der Waals surface area (Å²) in [5.74, 6) is 0.121. The van der Waals surface area contributed by atoms with Gasteiger partial charge in [0.2, 0.25) is 0 Å². The fourth-order valence-corrected chi connectivity index (χ4v) is 3.20. The quantitative estimate of drug-likeness (QED) is 0.904. The number of rotatable bonds is 5. The Labute approximate surface area is 126 Å². The van der Waals surface area contributed by atoms with Gasteiger partial charge in [-0.05, 0) is 64.3 Å². The van der Waals surface area contributed by atoms with Gasteiger partial charge in [0.25, 0.3) is 0 Å². The number of carboxylic acid groups (broad SMARTS) is 1. The summed E-state index contributed by atoms with van der Waals surface area (Å²) in [5.41, 5.74) is 1.73. The van der Waals surface area contributed by atoms with Gasteiger partial charge in [-0.3, -0.25) is 4.79 Å². The molecule has 0 spiro atoms. The molecule has 0 saturated carbocycles. The predicted molar refractivity (Wildman–Crippen MR) is 84.1 cm³/mol. The molecule has 116 valence electrons. The number of carbonyl (C=O) groups is 1. The molecule has 1 unspecified atom stereocenters. The van der Waals surface area contributed by atoms with E-state index in [1.54, 1.807) is 21.0 Å². The first kappa shape index (κ1) is 15.7. The zero-order valence-corrected chi connectivity index (χ0v) is 13.5. The van der Waals surface area contributed by atoms with E-state index in [2.05, 4.69) is 30.9 Å². The average molecular weight is 291 g/mol. The number of nitrogens with zero attached hydrogens (tertiary/aromatic N) is 1. The molecule has 4 heteroatoms. The van der Waals surface area contributed by atoms with Gasteiger partial charge in [-0.2, -0.15) is 0 Å². The Bertz CT molecular complexity index is 537. The summed E-state index contributed by atoms with van der Waals surface area (Å²) in [6, 6.07) is 6.69. The number of carboxylic acids is 1. The number of hydrogen-bond acceptors (Lipinski definition) is 3. The lowest BCUT2D eigenvalue weighted by Crippen LogP contribution is -2.42. The van der Waals surface area contributed by atoms with Gasteiger partial charge in [0, 0.05) is 17.8 Å². The SMILES string of the molecule is COc1ccc2c(c1)CC(CC(C)(C)C(=O)O)N2C(C)C. The van der Waals surface area contributed by atoms with Crippen molar-refractivity contribution in [1.29, 1.82) is 0 Å². The monoisotopic (exact) mass is 291 g/mol. The first-order valence-corrected chi connectivity index (χ1v) is 7.45. The average Bonchev–Trinajstić information content (AvgIpc) is 2.74. The second-order valence-electron chi connectivity index (χ2n) is 6.75. The number of benzene rings is 1. The molecule has 0 amide bonds. The van der Waals surface area contributed by atoms with Crippen LogP contribution in [0.2, 0.25) is 0 Å². The highest BCUT2D eigenvalue weighted by Crippen LogP contribution is 2.40. The van der Waals surface area contributed by atoms with E-state index in [-0.39, 0.29) is 6.04 Å². The third-order valence-corrected chi connectivity index (χ3v) is 4.29. The van der Waals surface area contributed by atoms with Gasteiger partial charge < -0.3 is 14.7 Å². The summed E-state index contributed by atoms with van der Waals surface area (Å²) in [6.45, 7) is 7.91. The molecule has 1 N–H and O–H groups in total. The highest BCUT2D eigenvalue weighted by atomic mass is 16.5. The molecule has 1 atom stereocenters. The lowest BCUT2D eigenvalue weighted by molar-refractivity contribution is -0.147. The van der Waals surface area contributed by atoms with Gasteiger partial charge in [0.1, 0.15) is 5.75 Å². The molecule has 1 aliphatic heterocycles. The number of aliphatic carboxylic acids is 1. The number of anilines is 1. The van der Waals surface area contributed by atoms with Crippen molar-refractivity contribution in [3.63, 3.8) is 0 Å². The third kappa shape index (κ3) is 2.99. The minimum absolute atomic E-state index is 0.221. The summed E-state index contributed by atoms with van der Waals surface area (Å²) >= 11 is 0. The summed E-state index contributed by atoms with van der Waals surface area (Å²) in [4.78, 5) is 13.8. The third-order valence-electron chi connectivity index (χ3n) is 4.29. The molecule has 0 radical (unpaired) electrons. The Hall–Kier alpha value is -1.71. The van der Waals surface area contributed by atoms with Crippen LogP contribution in [0.4, 0.5) is 5.69 Å². The second kappa shape index (κ2) is 5.58. The van der Waals surface area contributed by atoms with Crippen LogP contribution in [-0.4, -0.2) is 30.3 Å². The molecule has 1 aromatic carbocycles. The molecular weight excluding hydrogens is 266 g/mol. The van der Waals surface area contributed by atoms with Gasteiger partial charge >= 0.3 is 5.97 Å². The lowest BCUT2D eigenvalue weighted by atomic mass is 9.84. The second-order valence-corrected chi connectivity index (χ2v) is 6.75. The molecule has 1 aliphatic rings. The normalized spacial score (nSPS) is 18.0. The highest BCUT2D eigenvalue weighted by Gasteiger charge is 2.38. The van der Waals surface area contributed by atoms with E-state index >= 15 is 0 Å². The van der Waals surface area contributed by atoms with E-state index < -0.39 is 11.4 Å². The lowest BCUT2D eigenvalue weighted by Gasteiger charge is -2.35. The van der Waals surface area contributed by atoms with Gasteiger partial charge in [-0.15, -0.1) is 0 Å². The van der Waals surface area contributed by atoms with E-state index in [0.29, 0.717) is 12.5 Å². The van der Waals surface area contributed by atoms with Crippen LogP contribution in [-0.2, 0) is 11.2 Å². The number of ether oxygens (including phenoxy) is 1. The molecule has 1 aromatic rings. The van der Waals surface area contributed by atoms with Crippen LogP contribution < -0.4 is 9.64 Å². The molecule has 0 bridgehead atoms. The zero-order valence-electron chi connectivity index (χ0n) is 13.5. The summed E-state index contributed by atoms with van der Waals surface area (Å²) in [5, 5.41) is 9.39. The van der Waals surface area contributed by atoms with E-state index in [0.717, 1.165) is 12.2 Å². The van der Waals surface area contributed by atoms with Crippen LogP contribution in [0.5, 0.6) is 5.75 Å². The number of methoxy groups -OCH3 is 1. The topological polar surface area (TPSA) is 49.8 Å². The molecule has 0 saturated heterocycles. The maximum atomic E-state index is 11.4. The molecular formula is C17H25NO3. The van der Waals surface area contributed by atoms with Crippen molar-refractivity contribution in [2.24, 2.45) is 5.41 Å². The van der Waals surface area contributed by atoms with Gasteiger partial charge in [0.15, 0.2) is 0 Å². The first-order valence-electron chi connectivity index (χ1n) is 7.45. The summed E-state index contributed by atoms with van der Waals surface area (Å²) < 4.78 is 5.30. The first-order chi connectivity index (χ1) is 9.76. The molecule has 2 rings (SSSR count). The maximum absolute atomic E-state index is 11.4. The van der Waals surface area contributed by atoms with E-state index in [4.69, 9.17) is 4.74 Å². The van der Waals surface area contributed by atoms with Crippen molar-refractivity contribution >= 4 is 11.7 Å². The molecule has 21 heavy (non-hydrogen) atoms. The zero-order chi connectivity index (χ0) is 15.8. The van der Waals surface area contributed by atoms with Crippen LogP contribution in [0.25, 0.3) is 0 Å². The van der Waals surface area contributed by atoms with E-state index in [1.807, 2.05) is 6.07 Å². The van der Waals surface area contributed by atoms with Crippen LogP contribution in [0.15, 0.2) is 18.2 Å². The van der Waals surface area contributed by atoms with Crippen molar-refractivity contribution < 1.29 is 14.6 Å². The molecule has 1 heterocycles. The Morgan fingerprint density at radius 3 is 2.67 bits per heavy atom. The maximum Gasteiger partial charge on any atom is 0.309 e. The largest absolute Gasteiger partial charge is 0.497 e. The molecule has 4 nitrogen and oxygen atoms in total. The van der Waals surface area contributed by atoms with Crippen molar-refractivity contribution in [3.8, 4) is 5.75 Å². The molecule has 0 aromatic heterocycles. The van der Waals surface area contributed by atoms with Crippen LogP contribution in [0.1, 0.15) is 39.7 Å². The molecule has 0 fully saturated rings. The Balaban J connectivity index is 2.31. The van der Waals surface area contributed by atoms with Gasteiger partial charge in [0.05, 0.1) is 12.5 Å². The van der Waals surface area contributed by atoms with E-state index in [1.165, 1.54) is 11.3 Å². The Kier molecular flexibility index (Phi) is 4.17. The highest BCUT2D eigenvalue weighted by molar-refractivity contribution is 5.74. The smallest absolute Gasteiger partial charge is 0.309 e.